The molecule has 73 heavy (non-hydrogen) atoms. The summed E-state index contributed by atoms with van der Waals surface area (Å²) >= 11 is 0. The van der Waals surface area contributed by atoms with Gasteiger partial charge in [-0.25, -0.2) is 0 Å². The molecule has 3 heteroatoms. The lowest BCUT2D eigenvalue weighted by Gasteiger charge is -2.47. The first-order chi connectivity index (χ1) is 35.2. The van der Waals surface area contributed by atoms with Gasteiger partial charge in [0.1, 0.15) is 0 Å². The molecule has 0 N–H and O–H groups in total. The molecular weight excluding hydrogens is 883 g/mol. The number of aromatic nitrogens is 1. The molecule has 0 unspecified atom stereocenters. The Bertz CT molecular complexity index is 4100. The number of nitrogens with zero attached hydrogens (tertiary/aromatic N) is 3. The van der Waals surface area contributed by atoms with E-state index in [1.54, 1.807) is 0 Å². The largest absolute Gasteiger partial charge is 0.316 e. The minimum Gasteiger partial charge on any atom is -0.316 e. The zero-order valence-corrected chi connectivity index (χ0v) is 42.9. The number of rotatable bonds is 3. The lowest BCUT2D eigenvalue weighted by atomic mass is 9.66. The van der Waals surface area contributed by atoms with Crippen molar-refractivity contribution in [3.8, 4) is 5.69 Å². The summed E-state index contributed by atoms with van der Waals surface area (Å²) in [4.78, 5) is 5.00. The number of hydrogen-bond donors (Lipinski definition) is 0. The van der Waals surface area contributed by atoms with Crippen molar-refractivity contribution in [1.29, 1.82) is 0 Å². The van der Waals surface area contributed by atoms with Gasteiger partial charge in [0.05, 0.1) is 22.4 Å². The third-order valence-corrected chi connectivity index (χ3v) is 18.2. The van der Waals surface area contributed by atoms with E-state index in [1.807, 2.05) is 0 Å². The van der Waals surface area contributed by atoms with Crippen molar-refractivity contribution in [3.63, 3.8) is 0 Å². The summed E-state index contributed by atoms with van der Waals surface area (Å²) in [7, 11) is 0. The van der Waals surface area contributed by atoms with Crippen LogP contribution in [0, 0.1) is 0 Å². The van der Waals surface area contributed by atoms with Gasteiger partial charge >= 0.3 is 0 Å². The molecule has 3 nitrogen and oxygen atoms in total. The molecule has 0 spiro atoms. The van der Waals surface area contributed by atoms with Crippen LogP contribution in [0.3, 0.4) is 0 Å². The molecule has 0 bridgehead atoms. The van der Waals surface area contributed by atoms with Gasteiger partial charge in [0.25, 0.3) is 0 Å². The monoisotopic (exact) mass is 939 g/mol. The predicted octanol–water partition coefficient (Wildman–Crippen LogP) is 18.5. The van der Waals surface area contributed by atoms with Crippen molar-refractivity contribution in [3.05, 3.63) is 245 Å². The highest BCUT2D eigenvalue weighted by Gasteiger charge is 2.45. The molecule has 352 valence electrons. The van der Waals surface area contributed by atoms with Crippen LogP contribution in [0.2, 0.25) is 0 Å². The lowest BCUT2D eigenvalue weighted by molar-refractivity contribution is 0.614. The second-order valence-electron chi connectivity index (χ2n) is 23.4. The number of benzene rings is 10. The van der Waals surface area contributed by atoms with Gasteiger partial charge in [0, 0.05) is 61.9 Å². The van der Waals surface area contributed by atoms with Gasteiger partial charge in [0.15, 0.2) is 0 Å². The number of para-hydroxylation sites is 4. The van der Waals surface area contributed by atoms with E-state index in [2.05, 4.69) is 270 Å². The molecule has 0 radical (unpaired) electrons. The van der Waals surface area contributed by atoms with Gasteiger partial charge in [-0.1, -0.05) is 195 Å². The van der Waals surface area contributed by atoms with E-state index < -0.39 is 0 Å². The summed E-state index contributed by atoms with van der Waals surface area (Å²) < 4.78 is 2.53. The van der Waals surface area contributed by atoms with Gasteiger partial charge in [-0.3, -0.25) is 0 Å². The van der Waals surface area contributed by atoms with E-state index in [0.29, 0.717) is 0 Å². The average Bonchev–Trinajstić information content (AvgIpc) is 3.73. The summed E-state index contributed by atoms with van der Waals surface area (Å²) in [6.07, 6.45) is 4.92. The molecule has 0 aliphatic carbocycles. The summed E-state index contributed by atoms with van der Waals surface area (Å²) in [6.45, 7) is 19.2. The van der Waals surface area contributed by atoms with Crippen molar-refractivity contribution in [2.45, 2.75) is 77.0 Å². The van der Waals surface area contributed by atoms with Crippen LogP contribution in [0.25, 0.3) is 71.0 Å². The number of fused-ring (bicyclic) bond motifs is 13. The topological polar surface area (TPSA) is 11.4 Å². The van der Waals surface area contributed by atoms with Crippen LogP contribution in [-0.4, -0.2) is 4.57 Å². The third-order valence-electron chi connectivity index (χ3n) is 18.2. The number of anilines is 4. The highest BCUT2D eigenvalue weighted by Crippen LogP contribution is 2.59. The Morgan fingerprint density at radius 3 is 1.11 bits per heavy atom. The molecule has 11 aromatic rings. The second-order valence-corrected chi connectivity index (χ2v) is 23.4. The molecule has 4 aliphatic rings. The highest BCUT2D eigenvalue weighted by molar-refractivity contribution is 6.26. The Balaban J connectivity index is 0.983. The van der Waals surface area contributed by atoms with Crippen LogP contribution in [0.4, 0.5) is 22.7 Å². The smallest absolute Gasteiger partial charge is 0.0541 e. The molecule has 0 amide bonds. The molecule has 0 saturated carbocycles. The molecular formula is C70H57N3. The fraction of sp³-hybridized carbons (Fsp3) is 0.171. The Morgan fingerprint density at radius 1 is 0.288 bits per heavy atom. The van der Waals surface area contributed by atoms with Crippen LogP contribution >= 0.6 is 0 Å². The first kappa shape index (κ1) is 42.5. The van der Waals surface area contributed by atoms with E-state index >= 15 is 0 Å². The molecule has 15 rings (SSSR count). The van der Waals surface area contributed by atoms with Crippen LogP contribution in [-0.2, 0) is 21.7 Å². The number of allylic oxidation sites excluding steroid dienone is 2. The van der Waals surface area contributed by atoms with E-state index in [-0.39, 0.29) is 21.7 Å². The van der Waals surface area contributed by atoms with Gasteiger partial charge in [-0.2, -0.15) is 0 Å². The molecule has 10 aromatic carbocycles. The second kappa shape index (κ2) is 14.3. The molecule has 5 heterocycles. The first-order valence-corrected chi connectivity index (χ1v) is 26.2. The predicted molar refractivity (Wildman–Crippen MR) is 310 cm³/mol. The maximum absolute atomic E-state index is 2.53. The Hall–Kier alpha value is -8.14. The van der Waals surface area contributed by atoms with E-state index in [0.717, 1.165) is 5.69 Å². The SMILES string of the molecule is CC1(C)C(c2ccc3c(c2)c2cc(C4=CN5c6ccccc6C(C)(C)c6cccc(c65)C4(C)C)ccc2n3-c2ccc3c4ccccc4c4ccccc4c3c2)=CN2c3ccccc3C(C)(C)c3cccc1c32. The summed E-state index contributed by atoms with van der Waals surface area (Å²) in [5.41, 5.74) is 21.2. The van der Waals surface area contributed by atoms with Crippen LogP contribution < -0.4 is 9.80 Å². The summed E-state index contributed by atoms with van der Waals surface area (Å²) in [5, 5.41) is 10.2. The molecule has 0 saturated heterocycles. The normalized spacial score (nSPS) is 17.3. The number of hydrogen-bond acceptors (Lipinski definition) is 2. The zero-order chi connectivity index (χ0) is 49.5. The Morgan fingerprint density at radius 2 is 0.658 bits per heavy atom. The summed E-state index contributed by atoms with van der Waals surface area (Å²) in [5.74, 6) is 0. The van der Waals surface area contributed by atoms with Crippen LogP contribution in [0.15, 0.2) is 200 Å². The quantitative estimate of drug-likeness (QED) is 0.164. The maximum Gasteiger partial charge on any atom is 0.0541 e. The van der Waals surface area contributed by atoms with Crippen molar-refractivity contribution in [2.75, 3.05) is 9.80 Å². The van der Waals surface area contributed by atoms with E-state index in [4.69, 9.17) is 0 Å². The van der Waals surface area contributed by atoms with E-state index in [1.165, 1.54) is 133 Å². The van der Waals surface area contributed by atoms with Gasteiger partial charge in [0.2, 0.25) is 0 Å². The molecule has 1 aromatic heterocycles. The average molecular weight is 940 g/mol. The van der Waals surface area contributed by atoms with Crippen molar-refractivity contribution in [2.24, 2.45) is 0 Å². The fourth-order valence-electron chi connectivity index (χ4n) is 14.3. The molecule has 0 fully saturated rings. The zero-order valence-electron chi connectivity index (χ0n) is 42.9. The third kappa shape index (κ3) is 5.50. The van der Waals surface area contributed by atoms with Crippen LogP contribution in [0.5, 0.6) is 0 Å². The Kier molecular flexibility index (Phi) is 8.33. The fourth-order valence-corrected chi connectivity index (χ4v) is 14.3. The highest BCUT2D eigenvalue weighted by atomic mass is 15.2. The minimum absolute atomic E-state index is 0.124. The lowest BCUT2D eigenvalue weighted by Crippen LogP contribution is -2.37. The van der Waals surface area contributed by atoms with Gasteiger partial charge < -0.3 is 14.4 Å². The van der Waals surface area contributed by atoms with Gasteiger partial charge in [-0.15, -0.1) is 0 Å². The molecule has 0 atom stereocenters. The maximum atomic E-state index is 2.53. The standard InChI is InChI=1S/C70H57N3/c1-67(2)53-23-13-15-29-63(53)71-40-59(69(5,6)57-27-17-25-55(67)65(57)71)42-31-35-61-51(37-42)52-38-43(60-41-72-64-30-16-14-24-54(64)68(3,4)56-26-18-28-58(66(56)72)70(60,7)8)32-36-62(52)73(61)44-33-34-49-47-21-10-9-19-45(47)46-20-11-12-22-48(46)50(49)39-44/h9-41H,1-8H3. The first-order valence-electron chi connectivity index (χ1n) is 26.2. The van der Waals surface area contributed by atoms with Crippen molar-refractivity contribution < 1.29 is 0 Å². The molecule has 4 aliphatic heterocycles. The summed E-state index contributed by atoms with van der Waals surface area (Å²) in [6, 6.07) is 71.6. The Labute approximate surface area is 428 Å². The van der Waals surface area contributed by atoms with Crippen molar-refractivity contribution >= 4 is 88.0 Å². The minimum atomic E-state index is -0.272. The van der Waals surface area contributed by atoms with Gasteiger partial charge in [-0.05, 0) is 137 Å². The van der Waals surface area contributed by atoms with Crippen LogP contribution in [0.1, 0.15) is 99.9 Å². The van der Waals surface area contributed by atoms with E-state index in [9.17, 15) is 0 Å². The van der Waals surface area contributed by atoms with Crippen molar-refractivity contribution in [1.82, 2.24) is 4.57 Å².